The molecule has 0 aliphatic rings. The first-order valence-electron chi connectivity index (χ1n) is 6.04. The largest absolute Gasteiger partial charge is 0.366 e. The molecule has 0 saturated carbocycles. The summed E-state index contributed by atoms with van der Waals surface area (Å²) in [6.07, 6.45) is 3.81. The zero-order valence-corrected chi connectivity index (χ0v) is 10.7. The third kappa shape index (κ3) is 3.32. The second kappa shape index (κ2) is 5.84. The molecule has 2 rings (SSSR count). The highest BCUT2D eigenvalue weighted by molar-refractivity contribution is 5.93. The molecular weight excluding hydrogens is 252 g/mol. The van der Waals surface area contributed by atoms with Gasteiger partial charge in [-0.05, 0) is 35.4 Å². The molecule has 0 aliphatic carbocycles. The highest BCUT2D eigenvalue weighted by Crippen LogP contribution is 2.10. The van der Waals surface area contributed by atoms with E-state index >= 15 is 0 Å². The van der Waals surface area contributed by atoms with Gasteiger partial charge in [0.1, 0.15) is 0 Å². The van der Waals surface area contributed by atoms with Gasteiger partial charge in [0.15, 0.2) is 0 Å². The number of carbonyl (C=O) groups is 2. The second-order valence-electron chi connectivity index (χ2n) is 4.31. The predicted octanol–water partition coefficient (Wildman–Crippen LogP) is 2.05. The summed E-state index contributed by atoms with van der Waals surface area (Å²) in [5, 5.41) is 0. The number of carbonyl (C=O) groups excluding carboxylic acids is 2. The van der Waals surface area contributed by atoms with Crippen molar-refractivity contribution in [3.8, 4) is 0 Å². The number of amides is 2. The topological polar surface area (TPSA) is 86.2 Å². The van der Waals surface area contributed by atoms with E-state index in [1.807, 2.05) is 36.4 Å². The molecule has 0 fully saturated rings. The zero-order chi connectivity index (χ0) is 14.5. The molecule has 100 valence electrons. The first kappa shape index (κ1) is 13.5. The van der Waals surface area contributed by atoms with E-state index in [1.54, 1.807) is 24.3 Å². The quantitative estimate of drug-likeness (QED) is 0.830. The van der Waals surface area contributed by atoms with E-state index in [-0.39, 0.29) is 0 Å². The molecule has 0 aliphatic heterocycles. The van der Waals surface area contributed by atoms with Crippen molar-refractivity contribution in [3.05, 3.63) is 70.8 Å². The molecule has 2 aromatic carbocycles. The van der Waals surface area contributed by atoms with Gasteiger partial charge in [0.25, 0.3) is 0 Å². The predicted molar refractivity (Wildman–Crippen MR) is 78.8 cm³/mol. The Hall–Kier alpha value is -2.88. The maximum atomic E-state index is 10.9. The van der Waals surface area contributed by atoms with Crippen molar-refractivity contribution in [2.45, 2.75) is 0 Å². The van der Waals surface area contributed by atoms with Gasteiger partial charge in [0, 0.05) is 11.1 Å². The van der Waals surface area contributed by atoms with Gasteiger partial charge in [-0.1, -0.05) is 36.4 Å². The van der Waals surface area contributed by atoms with Gasteiger partial charge in [-0.2, -0.15) is 0 Å². The summed E-state index contributed by atoms with van der Waals surface area (Å²) in [6.45, 7) is 0. The van der Waals surface area contributed by atoms with Crippen LogP contribution < -0.4 is 11.5 Å². The van der Waals surface area contributed by atoms with Gasteiger partial charge >= 0.3 is 0 Å². The Kier molecular flexibility index (Phi) is 3.96. The van der Waals surface area contributed by atoms with Gasteiger partial charge in [-0.15, -0.1) is 0 Å². The lowest BCUT2D eigenvalue weighted by molar-refractivity contribution is 0.0992. The van der Waals surface area contributed by atoms with E-state index in [0.717, 1.165) is 11.1 Å². The number of benzene rings is 2. The smallest absolute Gasteiger partial charge is 0.248 e. The van der Waals surface area contributed by atoms with Crippen LogP contribution in [0.5, 0.6) is 0 Å². The number of nitrogens with two attached hydrogens (primary N) is 2. The lowest BCUT2D eigenvalue weighted by atomic mass is 10.1. The fourth-order valence-electron chi connectivity index (χ4n) is 1.71. The number of hydrogen-bond donors (Lipinski definition) is 2. The summed E-state index contributed by atoms with van der Waals surface area (Å²) in [4.78, 5) is 21.9. The minimum atomic E-state index is -0.442. The molecule has 0 heterocycles. The van der Waals surface area contributed by atoms with E-state index in [2.05, 4.69) is 0 Å². The molecule has 4 N–H and O–H groups in total. The Morgan fingerprint density at radius 2 is 0.950 bits per heavy atom. The van der Waals surface area contributed by atoms with Crippen molar-refractivity contribution in [3.63, 3.8) is 0 Å². The Morgan fingerprint density at radius 3 is 1.20 bits per heavy atom. The molecule has 4 heteroatoms. The normalized spacial score (nSPS) is 10.6. The molecular formula is C16H14N2O2. The fourth-order valence-corrected chi connectivity index (χ4v) is 1.71. The minimum absolute atomic E-state index is 0.442. The van der Waals surface area contributed by atoms with Crippen molar-refractivity contribution in [2.75, 3.05) is 0 Å². The molecule has 2 aromatic rings. The van der Waals surface area contributed by atoms with Gasteiger partial charge in [-0.25, -0.2) is 0 Å². The maximum absolute atomic E-state index is 10.9. The molecule has 0 spiro atoms. The Labute approximate surface area is 116 Å². The first-order chi connectivity index (χ1) is 9.56. The van der Waals surface area contributed by atoms with Crippen LogP contribution in [0.25, 0.3) is 12.2 Å². The van der Waals surface area contributed by atoms with Gasteiger partial charge in [-0.3, -0.25) is 9.59 Å². The molecule has 4 nitrogen and oxygen atoms in total. The highest BCUT2D eigenvalue weighted by atomic mass is 16.1. The third-order valence-corrected chi connectivity index (χ3v) is 2.86. The summed E-state index contributed by atoms with van der Waals surface area (Å²) in [6, 6.07) is 14.0. The van der Waals surface area contributed by atoms with E-state index in [9.17, 15) is 9.59 Å². The monoisotopic (exact) mass is 266 g/mol. The average Bonchev–Trinajstić information content (AvgIpc) is 2.46. The van der Waals surface area contributed by atoms with E-state index < -0.39 is 11.8 Å². The molecule has 0 aromatic heterocycles. The van der Waals surface area contributed by atoms with Gasteiger partial charge < -0.3 is 11.5 Å². The summed E-state index contributed by atoms with van der Waals surface area (Å²) in [5.74, 6) is -0.884. The van der Waals surface area contributed by atoms with Crippen LogP contribution in [0.2, 0.25) is 0 Å². The van der Waals surface area contributed by atoms with Gasteiger partial charge in [0.05, 0.1) is 0 Å². The van der Waals surface area contributed by atoms with E-state index in [4.69, 9.17) is 11.5 Å². The van der Waals surface area contributed by atoms with E-state index in [1.165, 1.54) is 0 Å². The van der Waals surface area contributed by atoms with Crippen LogP contribution >= 0.6 is 0 Å². The number of rotatable bonds is 4. The Balaban J connectivity index is 2.12. The molecule has 0 saturated heterocycles. The third-order valence-electron chi connectivity index (χ3n) is 2.86. The average molecular weight is 266 g/mol. The summed E-state index contributed by atoms with van der Waals surface area (Å²) in [7, 11) is 0. The molecule has 0 radical (unpaired) electrons. The molecule has 0 atom stereocenters. The van der Waals surface area contributed by atoms with Crippen LogP contribution in [-0.2, 0) is 0 Å². The lowest BCUT2D eigenvalue weighted by Crippen LogP contribution is -2.10. The van der Waals surface area contributed by atoms with Crippen LogP contribution in [0.3, 0.4) is 0 Å². The Morgan fingerprint density at radius 1 is 0.650 bits per heavy atom. The second-order valence-corrected chi connectivity index (χ2v) is 4.31. The molecule has 20 heavy (non-hydrogen) atoms. The lowest BCUT2D eigenvalue weighted by Gasteiger charge is -1.98. The van der Waals surface area contributed by atoms with Crippen molar-refractivity contribution in [2.24, 2.45) is 11.5 Å². The van der Waals surface area contributed by atoms with Gasteiger partial charge in [0.2, 0.25) is 11.8 Å². The minimum Gasteiger partial charge on any atom is -0.366 e. The Bertz CT molecular complexity index is 596. The van der Waals surface area contributed by atoms with Crippen LogP contribution in [0, 0.1) is 0 Å². The molecule has 0 bridgehead atoms. The zero-order valence-electron chi connectivity index (χ0n) is 10.7. The SMILES string of the molecule is NC(=O)c1ccc(C=Cc2ccc(C(N)=O)cc2)cc1. The number of primary amides is 2. The fraction of sp³-hybridized carbons (Fsp3) is 0. The highest BCUT2D eigenvalue weighted by Gasteiger charge is 1.99. The molecule has 0 unspecified atom stereocenters. The van der Waals surface area contributed by atoms with Crippen LogP contribution in [0.15, 0.2) is 48.5 Å². The maximum Gasteiger partial charge on any atom is 0.248 e. The van der Waals surface area contributed by atoms with Crippen molar-refractivity contribution in [1.82, 2.24) is 0 Å². The standard InChI is InChI=1S/C16H14N2O2/c17-15(19)13-7-3-11(4-8-13)1-2-12-5-9-14(10-6-12)16(18)20/h1-10H,(H2,17,19)(H2,18,20). The summed E-state index contributed by atoms with van der Waals surface area (Å²) >= 11 is 0. The van der Waals surface area contributed by atoms with Crippen LogP contribution in [0.1, 0.15) is 31.8 Å². The summed E-state index contributed by atoms with van der Waals surface area (Å²) < 4.78 is 0. The first-order valence-corrected chi connectivity index (χ1v) is 6.04. The van der Waals surface area contributed by atoms with Crippen LogP contribution in [0.4, 0.5) is 0 Å². The van der Waals surface area contributed by atoms with Crippen LogP contribution in [-0.4, -0.2) is 11.8 Å². The van der Waals surface area contributed by atoms with Crippen molar-refractivity contribution >= 4 is 24.0 Å². The molecule has 2 amide bonds. The summed E-state index contributed by atoms with van der Waals surface area (Å²) in [5.41, 5.74) is 13.2. The van der Waals surface area contributed by atoms with Crippen molar-refractivity contribution < 1.29 is 9.59 Å². The van der Waals surface area contributed by atoms with E-state index in [0.29, 0.717) is 11.1 Å². The van der Waals surface area contributed by atoms with Crippen molar-refractivity contribution in [1.29, 1.82) is 0 Å². The number of hydrogen-bond acceptors (Lipinski definition) is 2.